The van der Waals surface area contributed by atoms with Crippen LogP contribution in [0, 0.1) is 5.92 Å². The van der Waals surface area contributed by atoms with Crippen LogP contribution in [-0.4, -0.2) is 19.1 Å². The van der Waals surface area contributed by atoms with Crippen LogP contribution < -0.4 is 10.2 Å². The van der Waals surface area contributed by atoms with Gasteiger partial charge in [0.2, 0.25) is 0 Å². The minimum Gasteiger partial charge on any atom is -0.368 e. The summed E-state index contributed by atoms with van der Waals surface area (Å²) in [5.74, 6) is 0.773. The van der Waals surface area contributed by atoms with Crippen LogP contribution in [0.2, 0.25) is 0 Å². The van der Waals surface area contributed by atoms with Gasteiger partial charge in [0, 0.05) is 28.8 Å². The average molecular weight is 339 g/mol. The minimum absolute atomic E-state index is 0.386. The molecule has 0 bridgehead atoms. The zero-order valence-electron chi connectivity index (χ0n) is 13.1. The number of anilines is 1. The first-order chi connectivity index (χ1) is 9.54. The highest BCUT2D eigenvalue weighted by molar-refractivity contribution is 9.10. The lowest BCUT2D eigenvalue weighted by molar-refractivity contribution is 0.362. The van der Waals surface area contributed by atoms with Gasteiger partial charge in [-0.25, -0.2) is 0 Å². The van der Waals surface area contributed by atoms with Gasteiger partial charge in [0.15, 0.2) is 0 Å². The van der Waals surface area contributed by atoms with Gasteiger partial charge in [0.25, 0.3) is 0 Å². The highest BCUT2D eigenvalue weighted by atomic mass is 79.9. The summed E-state index contributed by atoms with van der Waals surface area (Å²) in [6.07, 6.45) is 2.66. The smallest absolute Gasteiger partial charge is 0.0417 e. The molecule has 0 spiro atoms. The maximum absolute atomic E-state index is 3.62. The van der Waals surface area contributed by atoms with Crippen LogP contribution in [0.25, 0.3) is 0 Å². The van der Waals surface area contributed by atoms with E-state index < -0.39 is 0 Å². The van der Waals surface area contributed by atoms with Crippen molar-refractivity contribution in [3.8, 4) is 0 Å². The minimum atomic E-state index is 0.386. The van der Waals surface area contributed by atoms with Crippen LogP contribution >= 0.6 is 15.9 Å². The fourth-order valence-corrected chi connectivity index (χ4v) is 3.60. The average Bonchev–Trinajstić information content (AvgIpc) is 2.42. The zero-order chi connectivity index (χ0) is 14.7. The van der Waals surface area contributed by atoms with E-state index in [1.54, 1.807) is 0 Å². The van der Waals surface area contributed by atoms with Gasteiger partial charge in [-0.3, -0.25) is 0 Å². The van der Waals surface area contributed by atoms with Crippen molar-refractivity contribution >= 4 is 21.6 Å². The van der Waals surface area contributed by atoms with Gasteiger partial charge in [0.05, 0.1) is 0 Å². The standard InChI is InChI=1S/C17H27BrN2/c1-5-19-13(3)16-11-15(18)8-9-17(16)20-10-6-7-12(2)14(20)4/h8-9,11-14,19H,5-7,10H2,1-4H3. The zero-order valence-corrected chi connectivity index (χ0v) is 14.7. The molecule has 3 atom stereocenters. The molecule has 1 N–H and O–H groups in total. The summed E-state index contributed by atoms with van der Waals surface area (Å²) < 4.78 is 1.17. The number of piperidine rings is 1. The largest absolute Gasteiger partial charge is 0.368 e. The van der Waals surface area contributed by atoms with Crippen molar-refractivity contribution in [3.63, 3.8) is 0 Å². The molecule has 1 aliphatic heterocycles. The van der Waals surface area contributed by atoms with E-state index in [0.29, 0.717) is 12.1 Å². The van der Waals surface area contributed by atoms with Crippen LogP contribution in [-0.2, 0) is 0 Å². The Morgan fingerprint density at radius 2 is 2.15 bits per heavy atom. The molecule has 1 saturated heterocycles. The summed E-state index contributed by atoms with van der Waals surface area (Å²) in [6, 6.07) is 7.73. The molecule has 3 heteroatoms. The van der Waals surface area contributed by atoms with E-state index in [1.165, 1.54) is 35.1 Å². The highest BCUT2D eigenvalue weighted by Gasteiger charge is 2.27. The van der Waals surface area contributed by atoms with Gasteiger partial charge in [0.1, 0.15) is 0 Å². The number of nitrogens with zero attached hydrogens (tertiary/aromatic N) is 1. The molecule has 1 fully saturated rings. The van der Waals surface area contributed by atoms with E-state index in [-0.39, 0.29) is 0 Å². The molecule has 0 amide bonds. The van der Waals surface area contributed by atoms with Crippen LogP contribution in [0.1, 0.15) is 52.1 Å². The number of nitrogens with one attached hydrogen (secondary N) is 1. The number of hydrogen-bond donors (Lipinski definition) is 1. The molecule has 20 heavy (non-hydrogen) atoms. The van der Waals surface area contributed by atoms with Crippen LogP contribution in [0.5, 0.6) is 0 Å². The number of benzene rings is 1. The second-order valence-corrected chi connectivity index (χ2v) is 6.95. The SMILES string of the molecule is CCNC(C)c1cc(Br)ccc1N1CCCC(C)C1C. The molecule has 1 heterocycles. The maximum atomic E-state index is 3.62. The van der Waals surface area contributed by atoms with Crippen molar-refractivity contribution in [2.45, 2.75) is 52.6 Å². The highest BCUT2D eigenvalue weighted by Crippen LogP contribution is 2.35. The Morgan fingerprint density at radius 1 is 1.40 bits per heavy atom. The summed E-state index contributed by atoms with van der Waals surface area (Å²) in [4.78, 5) is 2.60. The third kappa shape index (κ3) is 3.37. The second-order valence-electron chi connectivity index (χ2n) is 6.04. The van der Waals surface area contributed by atoms with Crippen molar-refractivity contribution in [2.24, 2.45) is 5.92 Å². The monoisotopic (exact) mass is 338 g/mol. The number of rotatable bonds is 4. The van der Waals surface area contributed by atoms with Crippen LogP contribution in [0.4, 0.5) is 5.69 Å². The maximum Gasteiger partial charge on any atom is 0.0417 e. The van der Waals surface area contributed by atoms with Crippen molar-refractivity contribution in [1.29, 1.82) is 0 Å². The van der Waals surface area contributed by atoms with E-state index >= 15 is 0 Å². The van der Waals surface area contributed by atoms with E-state index in [0.717, 1.165) is 12.5 Å². The third-order valence-electron chi connectivity index (χ3n) is 4.65. The Bertz CT molecular complexity index is 447. The predicted molar refractivity (Wildman–Crippen MR) is 91.4 cm³/mol. The molecular weight excluding hydrogens is 312 g/mol. The Morgan fingerprint density at radius 3 is 2.85 bits per heavy atom. The molecule has 0 aromatic heterocycles. The first-order valence-corrected chi connectivity index (χ1v) is 8.63. The molecule has 1 aromatic rings. The Balaban J connectivity index is 2.34. The normalized spacial score (nSPS) is 24.8. The molecule has 2 nitrogen and oxygen atoms in total. The number of halogens is 1. The third-order valence-corrected chi connectivity index (χ3v) is 5.14. The fraction of sp³-hybridized carbons (Fsp3) is 0.647. The summed E-state index contributed by atoms with van der Waals surface area (Å²) in [5.41, 5.74) is 2.81. The lowest BCUT2D eigenvalue weighted by Gasteiger charge is -2.41. The van der Waals surface area contributed by atoms with E-state index in [1.807, 2.05) is 0 Å². The van der Waals surface area contributed by atoms with Gasteiger partial charge < -0.3 is 10.2 Å². The molecule has 0 radical (unpaired) electrons. The van der Waals surface area contributed by atoms with Crippen molar-refractivity contribution in [2.75, 3.05) is 18.0 Å². The lowest BCUT2D eigenvalue weighted by atomic mass is 9.90. The molecule has 0 aliphatic carbocycles. The molecule has 1 aliphatic rings. The predicted octanol–water partition coefficient (Wildman–Crippen LogP) is 4.74. The summed E-state index contributed by atoms with van der Waals surface area (Å²) >= 11 is 3.62. The first kappa shape index (κ1) is 15.8. The summed E-state index contributed by atoms with van der Waals surface area (Å²) in [6.45, 7) is 11.3. The Labute approximate surface area is 132 Å². The fourth-order valence-electron chi connectivity index (χ4n) is 3.23. The number of hydrogen-bond acceptors (Lipinski definition) is 2. The first-order valence-electron chi connectivity index (χ1n) is 7.84. The molecular formula is C17H27BrN2. The van der Waals surface area contributed by atoms with Gasteiger partial charge in [-0.15, -0.1) is 0 Å². The molecule has 112 valence electrons. The topological polar surface area (TPSA) is 15.3 Å². The van der Waals surface area contributed by atoms with E-state index in [9.17, 15) is 0 Å². The Kier molecular flexibility index (Phi) is 5.50. The quantitative estimate of drug-likeness (QED) is 0.852. The van der Waals surface area contributed by atoms with Crippen molar-refractivity contribution in [1.82, 2.24) is 5.32 Å². The summed E-state index contributed by atoms with van der Waals surface area (Å²) in [7, 11) is 0. The van der Waals surface area contributed by atoms with E-state index in [4.69, 9.17) is 0 Å². The second kappa shape index (κ2) is 6.95. The van der Waals surface area contributed by atoms with Gasteiger partial charge in [-0.2, -0.15) is 0 Å². The lowest BCUT2D eigenvalue weighted by Crippen LogP contribution is -2.43. The van der Waals surface area contributed by atoms with Gasteiger partial charge in [-0.1, -0.05) is 29.8 Å². The Hall–Kier alpha value is -0.540. The molecule has 3 unspecified atom stereocenters. The molecule has 2 rings (SSSR count). The van der Waals surface area contributed by atoms with Crippen molar-refractivity contribution in [3.05, 3.63) is 28.2 Å². The molecule has 0 saturated carbocycles. The van der Waals surface area contributed by atoms with Crippen LogP contribution in [0.15, 0.2) is 22.7 Å². The molecule has 1 aromatic carbocycles. The summed E-state index contributed by atoms with van der Waals surface area (Å²) in [5, 5.41) is 3.55. The van der Waals surface area contributed by atoms with Gasteiger partial charge >= 0.3 is 0 Å². The van der Waals surface area contributed by atoms with E-state index in [2.05, 4.69) is 72.0 Å². The van der Waals surface area contributed by atoms with Crippen LogP contribution in [0.3, 0.4) is 0 Å². The van der Waals surface area contributed by atoms with Gasteiger partial charge in [-0.05, 0) is 62.9 Å². The van der Waals surface area contributed by atoms with Crippen molar-refractivity contribution < 1.29 is 0 Å².